The molecule has 0 bridgehead atoms. The van der Waals surface area contributed by atoms with Crippen molar-refractivity contribution in [2.45, 2.75) is 38.1 Å². The van der Waals surface area contributed by atoms with Gasteiger partial charge in [0.15, 0.2) is 5.69 Å². The lowest BCUT2D eigenvalue weighted by Gasteiger charge is -2.12. The molecule has 2 aromatic rings. The number of carbonyl (C=O) groups excluding carboxylic acids is 1. The van der Waals surface area contributed by atoms with Gasteiger partial charge >= 0.3 is 5.97 Å². The number of halogens is 1. The number of fused-ring (bicyclic) bond motifs is 1. The maximum atomic E-state index is 13.5. The zero-order chi connectivity index (χ0) is 17.6. The third-order valence-corrected chi connectivity index (χ3v) is 4.84. The van der Waals surface area contributed by atoms with E-state index in [1.807, 2.05) is 0 Å². The first-order valence-electron chi connectivity index (χ1n) is 8.45. The molecule has 2 aliphatic rings. The average Bonchev–Trinajstić information content (AvgIpc) is 3.17. The number of carbonyl (C=O) groups is 2. The van der Waals surface area contributed by atoms with Crippen LogP contribution in [0.4, 0.5) is 4.39 Å². The van der Waals surface area contributed by atoms with Gasteiger partial charge in [0.1, 0.15) is 11.9 Å². The highest BCUT2D eigenvalue weighted by Gasteiger charge is 2.38. The predicted molar refractivity (Wildman–Crippen MR) is 87.2 cm³/mol. The van der Waals surface area contributed by atoms with Crippen molar-refractivity contribution >= 4 is 11.9 Å². The molecule has 0 aliphatic heterocycles. The highest BCUT2D eigenvalue weighted by Crippen LogP contribution is 2.33. The van der Waals surface area contributed by atoms with Crippen LogP contribution in [0, 0.1) is 11.7 Å². The van der Waals surface area contributed by atoms with E-state index in [1.165, 1.54) is 12.1 Å². The number of rotatable bonds is 5. The molecule has 1 aromatic heterocycles. The Balaban J connectivity index is 1.67. The van der Waals surface area contributed by atoms with Gasteiger partial charge in [-0.05, 0) is 56.2 Å². The second-order valence-electron chi connectivity index (χ2n) is 6.65. The molecule has 2 aliphatic carbocycles. The largest absolute Gasteiger partial charge is 0.480 e. The third-order valence-electron chi connectivity index (χ3n) is 4.84. The number of nitrogens with one attached hydrogen (secondary N) is 1. The molecular formula is C18H18FN3O3. The first-order chi connectivity index (χ1) is 12.0. The van der Waals surface area contributed by atoms with E-state index in [0.29, 0.717) is 12.1 Å². The van der Waals surface area contributed by atoms with E-state index < -0.39 is 17.9 Å². The van der Waals surface area contributed by atoms with E-state index in [2.05, 4.69) is 10.4 Å². The summed E-state index contributed by atoms with van der Waals surface area (Å²) < 4.78 is 15.1. The topological polar surface area (TPSA) is 84.2 Å². The molecule has 1 amide bonds. The van der Waals surface area contributed by atoms with Crippen LogP contribution in [-0.4, -0.2) is 32.8 Å². The molecule has 0 saturated heterocycles. The van der Waals surface area contributed by atoms with Gasteiger partial charge in [0.2, 0.25) is 0 Å². The Bertz CT molecular complexity index is 857. The number of aliphatic carboxylic acids is 1. The first-order valence-corrected chi connectivity index (χ1v) is 8.45. The minimum Gasteiger partial charge on any atom is -0.480 e. The van der Waals surface area contributed by atoms with Crippen LogP contribution in [0.3, 0.4) is 0 Å². The lowest BCUT2D eigenvalue weighted by molar-refractivity contribution is -0.139. The monoisotopic (exact) mass is 343 g/mol. The first kappa shape index (κ1) is 15.8. The van der Waals surface area contributed by atoms with Crippen LogP contribution < -0.4 is 5.32 Å². The van der Waals surface area contributed by atoms with Crippen molar-refractivity contribution in [1.29, 1.82) is 0 Å². The number of aromatic nitrogens is 2. The Kier molecular flexibility index (Phi) is 3.78. The summed E-state index contributed by atoms with van der Waals surface area (Å²) in [7, 11) is 0. The Hall–Kier alpha value is -2.70. The van der Waals surface area contributed by atoms with Crippen molar-refractivity contribution in [3.63, 3.8) is 0 Å². The Morgan fingerprint density at radius 3 is 2.80 bits per heavy atom. The molecule has 6 nitrogen and oxygen atoms in total. The summed E-state index contributed by atoms with van der Waals surface area (Å²) in [6, 6.07) is 5.19. The smallest absolute Gasteiger partial charge is 0.326 e. The van der Waals surface area contributed by atoms with Crippen LogP contribution in [0.2, 0.25) is 0 Å². The van der Waals surface area contributed by atoms with Crippen molar-refractivity contribution in [2.24, 2.45) is 5.92 Å². The zero-order valence-electron chi connectivity index (χ0n) is 13.5. The van der Waals surface area contributed by atoms with Crippen molar-refractivity contribution < 1.29 is 19.1 Å². The van der Waals surface area contributed by atoms with Crippen molar-refractivity contribution in [3.8, 4) is 5.69 Å². The number of hydrogen-bond donors (Lipinski definition) is 2. The quantitative estimate of drug-likeness (QED) is 0.871. The summed E-state index contributed by atoms with van der Waals surface area (Å²) in [6.07, 6.45) is 4.00. The zero-order valence-corrected chi connectivity index (χ0v) is 13.5. The Morgan fingerprint density at radius 2 is 2.12 bits per heavy atom. The van der Waals surface area contributed by atoms with Crippen molar-refractivity contribution in [1.82, 2.24) is 15.1 Å². The van der Waals surface area contributed by atoms with Gasteiger partial charge < -0.3 is 10.4 Å². The van der Waals surface area contributed by atoms with Gasteiger partial charge in [0.05, 0.1) is 5.69 Å². The third kappa shape index (κ3) is 2.90. The Labute approximate surface area is 143 Å². The van der Waals surface area contributed by atoms with Crippen LogP contribution in [0.15, 0.2) is 24.3 Å². The molecule has 0 spiro atoms. The molecule has 0 radical (unpaired) electrons. The van der Waals surface area contributed by atoms with Crippen LogP contribution in [0.1, 0.15) is 41.0 Å². The van der Waals surface area contributed by atoms with Gasteiger partial charge in [-0.2, -0.15) is 5.10 Å². The van der Waals surface area contributed by atoms with Gasteiger partial charge in [0.25, 0.3) is 5.91 Å². The summed E-state index contributed by atoms with van der Waals surface area (Å²) in [4.78, 5) is 24.0. The highest BCUT2D eigenvalue weighted by molar-refractivity contribution is 5.96. The molecule has 4 rings (SSSR count). The van der Waals surface area contributed by atoms with Crippen LogP contribution in [-0.2, 0) is 17.6 Å². The summed E-state index contributed by atoms with van der Waals surface area (Å²) in [5.74, 6) is -1.85. The molecule has 130 valence electrons. The second-order valence-corrected chi connectivity index (χ2v) is 6.65. The van der Waals surface area contributed by atoms with Crippen LogP contribution in [0.5, 0.6) is 0 Å². The fraction of sp³-hybridized carbons (Fsp3) is 0.389. The summed E-state index contributed by atoms with van der Waals surface area (Å²) in [5.41, 5.74) is 2.55. The average molecular weight is 343 g/mol. The SMILES string of the molecule is O=C(NC(C(=O)O)C1CC1)c1nn(-c2cccc(F)c2)c2c1CCC2. The molecule has 1 fully saturated rings. The lowest BCUT2D eigenvalue weighted by atomic mass is 10.1. The molecule has 1 atom stereocenters. The van der Waals surface area contributed by atoms with Gasteiger partial charge in [0, 0.05) is 11.3 Å². The van der Waals surface area contributed by atoms with Crippen LogP contribution >= 0.6 is 0 Å². The van der Waals surface area contributed by atoms with Gasteiger partial charge in [-0.3, -0.25) is 4.79 Å². The van der Waals surface area contributed by atoms with E-state index in [0.717, 1.165) is 36.9 Å². The van der Waals surface area contributed by atoms with Gasteiger partial charge in [-0.15, -0.1) is 0 Å². The Morgan fingerprint density at radius 1 is 1.32 bits per heavy atom. The minimum atomic E-state index is -1.02. The maximum Gasteiger partial charge on any atom is 0.326 e. The standard InChI is InChI=1S/C18H18FN3O3/c19-11-3-1-4-12(9-11)22-14-6-2-5-13(14)16(21-22)17(23)20-15(18(24)25)10-7-8-10/h1,3-4,9-10,15H,2,5-8H2,(H,20,23)(H,24,25). The molecule has 7 heteroatoms. The lowest BCUT2D eigenvalue weighted by Crippen LogP contribution is -2.42. The summed E-state index contributed by atoms with van der Waals surface area (Å²) in [5, 5.41) is 16.3. The molecule has 1 unspecified atom stereocenters. The fourth-order valence-electron chi connectivity index (χ4n) is 3.46. The molecule has 2 N–H and O–H groups in total. The van der Waals surface area contributed by atoms with Crippen molar-refractivity contribution in [3.05, 3.63) is 47.0 Å². The van der Waals surface area contributed by atoms with E-state index in [-0.39, 0.29) is 17.4 Å². The van der Waals surface area contributed by atoms with Crippen molar-refractivity contribution in [2.75, 3.05) is 0 Å². The predicted octanol–water partition coefficient (Wildman–Crippen LogP) is 2.09. The molecular weight excluding hydrogens is 325 g/mol. The van der Waals surface area contributed by atoms with E-state index in [9.17, 15) is 19.1 Å². The number of nitrogens with zero attached hydrogens (tertiary/aromatic N) is 2. The maximum absolute atomic E-state index is 13.5. The second kappa shape index (κ2) is 5.98. The highest BCUT2D eigenvalue weighted by atomic mass is 19.1. The van der Waals surface area contributed by atoms with Gasteiger partial charge in [-0.1, -0.05) is 6.07 Å². The molecule has 1 saturated carbocycles. The van der Waals surface area contributed by atoms with Gasteiger partial charge in [-0.25, -0.2) is 13.9 Å². The summed E-state index contributed by atoms with van der Waals surface area (Å²) >= 11 is 0. The molecule has 25 heavy (non-hydrogen) atoms. The fourth-order valence-corrected chi connectivity index (χ4v) is 3.46. The van der Waals surface area contributed by atoms with Crippen LogP contribution in [0.25, 0.3) is 5.69 Å². The number of carboxylic acids is 1. The summed E-state index contributed by atoms with van der Waals surface area (Å²) in [6.45, 7) is 0. The minimum absolute atomic E-state index is 0.000182. The normalized spacial score (nSPS) is 17.2. The van der Waals surface area contributed by atoms with E-state index in [4.69, 9.17) is 0 Å². The number of carboxylic acid groups (broad SMARTS) is 1. The molecule has 1 aromatic carbocycles. The molecule has 1 heterocycles. The van der Waals surface area contributed by atoms with E-state index in [1.54, 1.807) is 16.8 Å². The number of amides is 1. The number of benzene rings is 1. The number of hydrogen-bond acceptors (Lipinski definition) is 3. The van der Waals surface area contributed by atoms with E-state index >= 15 is 0 Å².